The molecule has 2 aliphatic carbocycles. The van der Waals surface area contributed by atoms with Gasteiger partial charge in [0.2, 0.25) is 0 Å². The van der Waals surface area contributed by atoms with E-state index < -0.39 is 36.7 Å². The molecule has 0 unspecified atom stereocenters. The van der Waals surface area contributed by atoms with Crippen molar-refractivity contribution in [3.05, 3.63) is 46.0 Å². The first-order chi connectivity index (χ1) is 44.1. The van der Waals surface area contributed by atoms with Crippen molar-refractivity contribution in [1.29, 1.82) is 0 Å². The molecule has 5 aromatic rings. The predicted octanol–water partition coefficient (Wildman–Crippen LogP) is 21.3. The summed E-state index contributed by atoms with van der Waals surface area (Å²) >= 11 is 0. The maximum Gasteiger partial charge on any atom is 0.490 e. The Kier molecular flexibility index (Phi) is 33.2. The first-order valence-corrected chi connectivity index (χ1v) is 38.0. The average molecular weight is 1250 g/mol. The highest BCUT2D eigenvalue weighted by Crippen LogP contribution is 2.64. The van der Waals surface area contributed by atoms with Gasteiger partial charge >= 0.3 is 14.2 Å². The normalized spacial score (nSPS) is 13.7. The van der Waals surface area contributed by atoms with Gasteiger partial charge in [-0.15, -0.1) is 0 Å². The largest absolute Gasteiger partial charge is 0.490 e. The van der Waals surface area contributed by atoms with Gasteiger partial charge in [0.1, 0.15) is 33.7 Å². The minimum atomic E-state index is -1.93. The van der Waals surface area contributed by atoms with E-state index in [4.69, 9.17) is 9.26 Å². The van der Waals surface area contributed by atoms with E-state index in [9.17, 15) is 20.1 Å². The molecule has 0 saturated carbocycles. The third-order valence-corrected chi connectivity index (χ3v) is 21.4. The summed E-state index contributed by atoms with van der Waals surface area (Å²) in [6, 6.07) is 3.54. The van der Waals surface area contributed by atoms with Gasteiger partial charge in [-0.2, -0.15) is 0 Å². The summed E-state index contributed by atoms with van der Waals surface area (Å²) in [6.45, 7) is 9.04. The molecule has 2 aromatic heterocycles. The first-order valence-electron chi connectivity index (χ1n) is 38.0. The summed E-state index contributed by atoms with van der Waals surface area (Å²) in [6.07, 6.45) is 58.2. The van der Waals surface area contributed by atoms with E-state index >= 15 is 8.78 Å². The zero-order valence-electron chi connectivity index (χ0n) is 57.2. The van der Waals surface area contributed by atoms with Crippen LogP contribution in [0.4, 0.5) is 8.78 Å². The van der Waals surface area contributed by atoms with E-state index in [0.717, 1.165) is 103 Å². The third kappa shape index (κ3) is 19.7. The van der Waals surface area contributed by atoms with Crippen LogP contribution in [0.25, 0.3) is 44.3 Å². The minimum absolute atomic E-state index is 0.115. The van der Waals surface area contributed by atoms with Gasteiger partial charge in [0, 0.05) is 55.1 Å². The van der Waals surface area contributed by atoms with E-state index in [1.54, 1.807) is 12.1 Å². The summed E-state index contributed by atoms with van der Waals surface area (Å²) < 4.78 is 50.9. The summed E-state index contributed by atoms with van der Waals surface area (Å²) in [4.78, 5) is 0. The third-order valence-electron chi connectivity index (χ3n) is 21.4. The van der Waals surface area contributed by atoms with Crippen LogP contribution in [0.2, 0.25) is 0 Å². The van der Waals surface area contributed by atoms with Gasteiger partial charge in [0.15, 0.2) is 0 Å². The Morgan fingerprint density at radius 3 is 0.711 bits per heavy atom. The topological polar surface area (TPSA) is 159 Å². The molecule has 2 aliphatic rings. The van der Waals surface area contributed by atoms with Gasteiger partial charge in [0.25, 0.3) is 0 Å². The van der Waals surface area contributed by atoms with Gasteiger partial charge in [-0.3, -0.25) is 0 Å². The van der Waals surface area contributed by atoms with E-state index in [2.05, 4.69) is 48.3 Å². The second kappa shape index (κ2) is 40.5. The highest BCUT2D eigenvalue weighted by molar-refractivity contribution is 6.62. The number of hydrogen-bond acceptors (Lipinski definition) is 10. The zero-order chi connectivity index (χ0) is 63.8. The lowest BCUT2D eigenvalue weighted by molar-refractivity contribution is 0.315. The maximum atomic E-state index is 20.0. The van der Waals surface area contributed by atoms with E-state index in [0.29, 0.717) is 59.1 Å². The molecule has 4 N–H and O–H groups in total. The highest BCUT2D eigenvalue weighted by atomic mass is 19.1. The van der Waals surface area contributed by atoms with Gasteiger partial charge in [-0.25, -0.2) is 18.0 Å². The molecule has 14 heteroatoms. The molecule has 7 rings (SSSR count). The van der Waals surface area contributed by atoms with Crippen LogP contribution in [-0.4, -0.2) is 55.0 Å². The van der Waals surface area contributed by atoms with Crippen LogP contribution in [0.1, 0.15) is 384 Å². The zero-order valence-corrected chi connectivity index (χ0v) is 57.2. The minimum Gasteiger partial charge on any atom is -0.423 e. The van der Waals surface area contributed by atoms with Crippen molar-refractivity contribution < 1.29 is 38.1 Å². The van der Waals surface area contributed by atoms with Crippen molar-refractivity contribution in [3.8, 4) is 22.3 Å². The lowest BCUT2D eigenvalue weighted by Gasteiger charge is -2.35. The number of aromatic nitrogens is 4. The van der Waals surface area contributed by atoms with Gasteiger partial charge < -0.3 is 20.1 Å². The first kappa shape index (κ1) is 73.7. The van der Waals surface area contributed by atoms with Crippen LogP contribution in [0.5, 0.6) is 0 Å². The molecular formula is C76H122B2F2N4O6. The molecule has 90 heavy (non-hydrogen) atoms. The van der Waals surface area contributed by atoms with E-state index in [1.807, 2.05) is 0 Å². The van der Waals surface area contributed by atoms with Crippen LogP contribution < -0.4 is 10.9 Å². The molecule has 0 saturated heterocycles. The highest BCUT2D eigenvalue weighted by Gasteiger charge is 2.55. The lowest BCUT2D eigenvalue weighted by atomic mass is 9.67. The molecule has 3 aromatic carbocycles. The number of nitrogens with zero attached hydrogens (tertiary/aromatic N) is 4. The Morgan fingerprint density at radius 1 is 0.300 bits per heavy atom. The van der Waals surface area contributed by atoms with Crippen LogP contribution in [0.15, 0.2) is 21.4 Å². The smallest absolute Gasteiger partial charge is 0.423 e. The summed E-state index contributed by atoms with van der Waals surface area (Å²) in [5, 5.41) is 62.1. The summed E-state index contributed by atoms with van der Waals surface area (Å²) in [5.41, 5.74) is 1.89. The SMILES string of the molecule is CCCCCCCCCCCCCCC1(CCCCCCCCCCCCCC)c2cc(B(O)O)c3nonc3c2-c2c(F)c3c(c(F)c21)-c1c(cc(B(O)O)c2nonc12)C3(CCCCCCCCCCCCCC)CCCCCCCCCCCCCC. The average Bonchev–Trinajstić information content (AvgIpc) is 1.50. The van der Waals surface area contributed by atoms with Gasteiger partial charge in [-0.05, 0) is 47.1 Å². The monoisotopic (exact) mass is 1250 g/mol. The fraction of sp³-hybridized carbons (Fsp3) is 0.763. The standard InChI is InChI=1S/C76H122B2F2N4O6/c1-5-9-13-17-21-25-29-33-37-41-45-49-53-75(54-50-46-42-38-34-30-26-22-18-14-10-6-2)59-57-61(77(85)86)71-73(83-89-81-71)63(59)65-67(75)69(79)66-64-60(58-62(78(87)88)72-74(64)84-90-82-72)76(68(66)70(65)80,55-51-47-43-39-35-31-27-23-19-15-11-7-3)56-52-48-44-40-36-32-28-24-20-16-12-8-4/h57-58,85-88H,5-56H2,1-4H3. The molecule has 0 fully saturated rings. The van der Waals surface area contributed by atoms with Crippen LogP contribution in [0.3, 0.4) is 0 Å². The second-order valence-electron chi connectivity index (χ2n) is 28.3. The Labute approximate surface area is 544 Å². The number of unbranched alkanes of at least 4 members (excludes halogenated alkanes) is 44. The molecule has 10 nitrogen and oxygen atoms in total. The fourth-order valence-electron chi connectivity index (χ4n) is 16.3. The number of hydrogen-bond donors (Lipinski definition) is 4. The van der Waals surface area contributed by atoms with Crippen molar-refractivity contribution in [3.63, 3.8) is 0 Å². The number of halogens is 2. The molecule has 0 atom stereocenters. The maximum absolute atomic E-state index is 20.0. The summed E-state index contributed by atoms with van der Waals surface area (Å²) in [7, 11) is -3.86. The van der Waals surface area contributed by atoms with Crippen LogP contribution >= 0.6 is 0 Å². The number of fused-ring (bicyclic) bond motifs is 10. The molecular weight excluding hydrogens is 1120 g/mol. The molecule has 2 heterocycles. The van der Waals surface area contributed by atoms with E-state index in [-0.39, 0.29) is 44.1 Å². The Balaban J connectivity index is 1.29. The second-order valence-corrected chi connectivity index (χ2v) is 28.3. The van der Waals surface area contributed by atoms with Crippen molar-refractivity contribution in [2.45, 2.75) is 372 Å². The summed E-state index contributed by atoms with van der Waals surface area (Å²) in [5.74, 6) is -0.999. The molecule has 0 spiro atoms. The number of benzene rings is 3. The quantitative estimate of drug-likeness (QED) is 0.0218. The Morgan fingerprint density at radius 2 is 0.500 bits per heavy atom. The van der Waals surface area contributed by atoms with Gasteiger partial charge in [0.05, 0.1) is 0 Å². The molecule has 0 bridgehead atoms. The van der Waals surface area contributed by atoms with Crippen LogP contribution in [0, 0.1) is 11.6 Å². The predicted molar refractivity (Wildman–Crippen MR) is 372 cm³/mol. The fourth-order valence-corrected chi connectivity index (χ4v) is 16.3. The van der Waals surface area contributed by atoms with Crippen LogP contribution in [-0.2, 0) is 10.8 Å². The van der Waals surface area contributed by atoms with Crippen molar-refractivity contribution in [2.24, 2.45) is 0 Å². The van der Waals surface area contributed by atoms with Crippen molar-refractivity contribution in [1.82, 2.24) is 20.6 Å². The number of rotatable bonds is 54. The van der Waals surface area contributed by atoms with E-state index in [1.165, 1.54) is 205 Å². The Hall–Kier alpha value is -3.71. The molecule has 0 amide bonds. The van der Waals surface area contributed by atoms with Crippen molar-refractivity contribution in [2.75, 3.05) is 0 Å². The van der Waals surface area contributed by atoms with Crippen molar-refractivity contribution >= 4 is 47.2 Å². The molecule has 0 aliphatic heterocycles. The molecule has 0 radical (unpaired) electrons. The molecule has 502 valence electrons. The lowest BCUT2D eigenvalue weighted by Crippen LogP contribution is -2.34. The Bertz CT molecular complexity index is 2570. The van der Waals surface area contributed by atoms with Gasteiger partial charge in [-0.1, -0.05) is 358 Å².